The standard InChI is InChI=1S/C27H29ClF2O8/c1-5-34-21-9-6-18(7-10-21)12-20-13-19(8-11-22(20)28)24-25(36-16(3)32)26(37-17(4)33)27(29,30)23(38-24)14-35-15(2)31/h6-11,13,23-26H,5,12,14H2,1-4H3. The normalized spacial score (nSPS) is 22.3. The van der Waals surface area contributed by atoms with Crippen molar-refractivity contribution in [1.82, 2.24) is 0 Å². The van der Waals surface area contributed by atoms with Crippen molar-refractivity contribution < 1.29 is 46.8 Å². The van der Waals surface area contributed by atoms with Crippen LogP contribution in [0.4, 0.5) is 8.78 Å². The molecule has 4 unspecified atom stereocenters. The predicted molar refractivity (Wildman–Crippen MR) is 132 cm³/mol. The maximum absolute atomic E-state index is 15.4. The minimum Gasteiger partial charge on any atom is -0.494 e. The summed E-state index contributed by atoms with van der Waals surface area (Å²) in [5, 5.41) is 0.417. The van der Waals surface area contributed by atoms with E-state index in [1.807, 2.05) is 31.2 Å². The maximum atomic E-state index is 15.4. The number of benzene rings is 2. The molecule has 0 saturated carbocycles. The molecule has 2 aromatic rings. The van der Waals surface area contributed by atoms with Crippen molar-refractivity contribution in [2.75, 3.05) is 13.2 Å². The van der Waals surface area contributed by atoms with E-state index in [0.717, 1.165) is 26.3 Å². The number of hydrogen-bond donors (Lipinski definition) is 0. The second-order valence-corrected chi connectivity index (χ2v) is 9.14. The summed E-state index contributed by atoms with van der Waals surface area (Å²) in [7, 11) is 0. The van der Waals surface area contributed by atoms with Crippen LogP contribution in [0.25, 0.3) is 0 Å². The van der Waals surface area contributed by atoms with E-state index in [1.54, 1.807) is 18.2 Å². The second-order valence-electron chi connectivity index (χ2n) is 8.73. The number of carbonyl (C=O) groups is 3. The van der Waals surface area contributed by atoms with Gasteiger partial charge in [0.1, 0.15) is 18.5 Å². The summed E-state index contributed by atoms with van der Waals surface area (Å²) >= 11 is 6.45. The van der Waals surface area contributed by atoms with Crippen LogP contribution in [0.3, 0.4) is 0 Å². The van der Waals surface area contributed by atoms with Crippen LogP contribution in [0, 0.1) is 0 Å². The smallest absolute Gasteiger partial charge is 0.316 e. The van der Waals surface area contributed by atoms with Crippen LogP contribution < -0.4 is 4.74 Å². The van der Waals surface area contributed by atoms with E-state index in [0.29, 0.717) is 34.9 Å². The van der Waals surface area contributed by atoms with Gasteiger partial charge in [0.2, 0.25) is 6.10 Å². The average Bonchev–Trinajstić information content (AvgIpc) is 2.83. The van der Waals surface area contributed by atoms with E-state index in [4.69, 9.17) is 35.3 Å². The molecular formula is C27H29ClF2O8. The third kappa shape index (κ3) is 7.20. The number of hydrogen-bond acceptors (Lipinski definition) is 8. The molecule has 11 heteroatoms. The van der Waals surface area contributed by atoms with Crippen LogP contribution in [-0.4, -0.2) is 55.4 Å². The molecule has 0 bridgehead atoms. The van der Waals surface area contributed by atoms with Gasteiger partial charge in [-0.05, 0) is 48.2 Å². The summed E-state index contributed by atoms with van der Waals surface area (Å²) in [6.07, 6.45) is -6.78. The highest BCUT2D eigenvalue weighted by Crippen LogP contribution is 2.44. The lowest BCUT2D eigenvalue weighted by molar-refractivity contribution is -0.303. The number of halogens is 3. The fourth-order valence-corrected chi connectivity index (χ4v) is 4.34. The fourth-order valence-electron chi connectivity index (χ4n) is 4.15. The topological polar surface area (TPSA) is 97.4 Å². The summed E-state index contributed by atoms with van der Waals surface area (Å²) in [6.45, 7) is 4.68. The molecule has 0 N–H and O–H groups in total. The monoisotopic (exact) mass is 554 g/mol. The molecular weight excluding hydrogens is 526 g/mol. The van der Waals surface area contributed by atoms with E-state index in [-0.39, 0.29) is 0 Å². The van der Waals surface area contributed by atoms with Crippen LogP contribution in [0.1, 0.15) is 50.5 Å². The van der Waals surface area contributed by atoms with Crippen molar-refractivity contribution in [3.63, 3.8) is 0 Å². The van der Waals surface area contributed by atoms with Gasteiger partial charge in [0.25, 0.3) is 0 Å². The molecule has 8 nitrogen and oxygen atoms in total. The van der Waals surface area contributed by atoms with Gasteiger partial charge < -0.3 is 23.7 Å². The van der Waals surface area contributed by atoms with Gasteiger partial charge in [-0.25, -0.2) is 0 Å². The Morgan fingerprint density at radius 1 is 0.974 bits per heavy atom. The van der Waals surface area contributed by atoms with E-state index in [1.165, 1.54) is 0 Å². The molecule has 38 heavy (non-hydrogen) atoms. The molecule has 0 radical (unpaired) electrons. The Balaban J connectivity index is 2.01. The molecule has 0 aromatic heterocycles. The van der Waals surface area contributed by atoms with E-state index in [9.17, 15) is 14.4 Å². The SMILES string of the molecule is CCOc1ccc(Cc2cc(C3OC(COC(C)=O)C(F)(F)C(OC(C)=O)C3OC(C)=O)ccc2Cl)cc1. The van der Waals surface area contributed by atoms with Crippen molar-refractivity contribution in [3.8, 4) is 5.75 Å². The quantitative estimate of drug-likeness (QED) is 0.321. The lowest BCUT2D eigenvalue weighted by Crippen LogP contribution is -2.62. The van der Waals surface area contributed by atoms with Gasteiger partial charge in [0.05, 0.1) is 6.61 Å². The van der Waals surface area contributed by atoms with Gasteiger partial charge in [-0.15, -0.1) is 0 Å². The van der Waals surface area contributed by atoms with Gasteiger partial charge in [0.15, 0.2) is 12.2 Å². The summed E-state index contributed by atoms with van der Waals surface area (Å²) in [4.78, 5) is 35.0. The highest BCUT2D eigenvalue weighted by Gasteiger charge is 2.62. The zero-order valence-electron chi connectivity index (χ0n) is 21.4. The number of rotatable bonds is 9. The number of esters is 3. The summed E-state index contributed by atoms with van der Waals surface area (Å²) in [5.41, 5.74) is 1.91. The Hall–Kier alpha value is -3.24. The lowest BCUT2D eigenvalue weighted by Gasteiger charge is -2.45. The number of ether oxygens (including phenoxy) is 5. The van der Waals surface area contributed by atoms with Crippen molar-refractivity contribution in [2.45, 2.75) is 64.5 Å². The van der Waals surface area contributed by atoms with Crippen molar-refractivity contribution in [3.05, 3.63) is 64.2 Å². The average molecular weight is 555 g/mol. The Labute approximate surface area is 224 Å². The molecule has 1 fully saturated rings. The third-order valence-electron chi connectivity index (χ3n) is 5.78. The Morgan fingerprint density at radius 2 is 1.63 bits per heavy atom. The molecule has 0 amide bonds. The molecule has 1 heterocycles. The molecule has 4 atom stereocenters. The van der Waals surface area contributed by atoms with Gasteiger partial charge in [0, 0.05) is 25.8 Å². The van der Waals surface area contributed by atoms with Crippen LogP contribution >= 0.6 is 11.6 Å². The number of carbonyl (C=O) groups excluding carboxylic acids is 3. The van der Waals surface area contributed by atoms with Gasteiger partial charge >= 0.3 is 23.8 Å². The molecule has 1 saturated heterocycles. The fraction of sp³-hybridized carbons (Fsp3) is 0.444. The van der Waals surface area contributed by atoms with Crippen molar-refractivity contribution in [2.24, 2.45) is 0 Å². The van der Waals surface area contributed by atoms with E-state index in [2.05, 4.69) is 0 Å². The Morgan fingerprint density at radius 3 is 2.21 bits per heavy atom. The molecule has 0 spiro atoms. The molecule has 2 aromatic carbocycles. The highest BCUT2D eigenvalue weighted by molar-refractivity contribution is 6.31. The number of alkyl halides is 2. The predicted octanol–water partition coefficient (Wildman–Crippen LogP) is 4.83. The van der Waals surface area contributed by atoms with Crippen molar-refractivity contribution >= 4 is 29.5 Å². The third-order valence-corrected chi connectivity index (χ3v) is 6.15. The minimum absolute atomic E-state index is 0.349. The molecule has 3 rings (SSSR count). The molecule has 1 aliphatic rings. The first-order valence-electron chi connectivity index (χ1n) is 11.9. The highest BCUT2D eigenvalue weighted by atomic mass is 35.5. The first-order chi connectivity index (χ1) is 17.9. The Kier molecular flexibility index (Phi) is 9.67. The zero-order chi connectivity index (χ0) is 28.0. The maximum Gasteiger partial charge on any atom is 0.316 e. The van der Waals surface area contributed by atoms with Gasteiger partial charge in [-0.2, -0.15) is 8.78 Å². The van der Waals surface area contributed by atoms with Crippen LogP contribution in [0.5, 0.6) is 5.75 Å². The second kappa shape index (κ2) is 12.5. The largest absolute Gasteiger partial charge is 0.494 e. The van der Waals surface area contributed by atoms with E-state index >= 15 is 8.78 Å². The van der Waals surface area contributed by atoms with Crippen molar-refractivity contribution in [1.29, 1.82) is 0 Å². The Bertz CT molecular complexity index is 1150. The first-order valence-corrected chi connectivity index (χ1v) is 12.3. The summed E-state index contributed by atoms with van der Waals surface area (Å²) in [5.74, 6) is -5.82. The first kappa shape index (κ1) is 29.3. The summed E-state index contributed by atoms with van der Waals surface area (Å²) < 4.78 is 57.0. The lowest BCUT2D eigenvalue weighted by atomic mass is 9.89. The molecule has 1 aliphatic heterocycles. The van der Waals surface area contributed by atoms with E-state index < -0.39 is 54.9 Å². The summed E-state index contributed by atoms with van der Waals surface area (Å²) in [6, 6.07) is 12.2. The van der Waals surface area contributed by atoms with Crippen LogP contribution in [-0.2, 0) is 39.8 Å². The van der Waals surface area contributed by atoms with Crippen LogP contribution in [0.15, 0.2) is 42.5 Å². The van der Waals surface area contributed by atoms with Crippen LogP contribution in [0.2, 0.25) is 5.02 Å². The minimum atomic E-state index is -3.85. The molecule has 206 valence electrons. The zero-order valence-corrected chi connectivity index (χ0v) is 22.1. The van der Waals surface area contributed by atoms with Gasteiger partial charge in [-0.3, -0.25) is 14.4 Å². The van der Waals surface area contributed by atoms with Gasteiger partial charge in [-0.1, -0.05) is 35.9 Å². The molecule has 0 aliphatic carbocycles.